The van der Waals surface area contributed by atoms with E-state index < -0.39 is 0 Å². The molecule has 0 saturated carbocycles. The molecular weight excluding hydrogens is 354 g/mol. The number of halogens is 1. The van der Waals surface area contributed by atoms with Gasteiger partial charge >= 0.3 is 0 Å². The van der Waals surface area contributed by atoms with E-state index in [0.29, 0.717) is 33.9 Å². The maximum Gasteiger partial charge on any atom is 0.278 e. The van der Waals surface area contributed by atoms with E-state index in [9.17, 15) is 9.59 Å². The van der Waals surface area contributed by atoms with Gasteiger partial charge in [0.25, 0.3) is 5.56 Å². The first-order valence-electron chi connectivity index (χ1n) is 8.42. The van der Waals surface area contributed by atoms with Crippen LogP contribution in [-0.4, -0.2) is 32.0 Å². The average molecular weight is 374 g/mol. The molecule has 0 aliphatic rings. The maximum atomic E-state index is 12.9. The molecule has 26 heavy (non-hydrogen) atoms. The Hall–Kier alpha value is -2.67. The van der Waals surface area contributed by atoms with Gasteiger partial charge in [-0.1, -0.05) is 18.5 Å². The lowest BCUT2D eigenvalue weighted by Gasteiger charge is -2.07. The van der Waals surface area contributed by atoms with E-state index in [0.717, 1.165) is 12.1 Å². The zero-order valence-corrected chi connectivity index (χ0v) is 15.7. The third-order valence-electron chi connectivity index (χ3n) is 4.11. The lowest BCUT2D eigenvalue weighted by atomic mass is 10.2. The predicted molar refractivity (Wildman–Crippen MR) is 101 cm³/mol. The summed E-state index contributed by atoms with van der Waals surface area (Å²) in [6.45, 7) is 6.03. The number of carbonyl (C=O) groups is 1. The van der Waals surface area contributed by atoms with Crippen LogP contribution in [0, 0.1) is 13.8 Å². The Balaban J connectivity index is 2.09. The Morgan fingerprint density at radius 3 is 2.54 bits per heavy atom. The van der Waals surface area contributed by atoms with Gasteiger partial charge in [-0.25, -0.2) is 9.36 Å². The van der Waals surface area contributed by atoms with Crippen molar-refractivity contribution in [2.45, 2.75) is 33.7 Å². The summed E-state index contributed by atoms with van der Waals surface area (Å²) in [5.41, 5.74) is 2.30. The number of hydrogen-bond acceptors (Lipinski definition) is 4. The van der Waals surface area contributed by atoms with Crippen molar-refractivity contribution in [3.05, 3.63) is 51.0 Å². The summed E-state index contributed by atoms with van der Waals surface area (Å²) in [6, 6.07) is 7.20. The molecule has 3 aromatic rings. The van der Waals surface area contributed by atoms with Crippen LogP contribution in [0.2, 0.25) is 5.02 Å². The molecule has 1 aromatic carbocycles. The molecule has 0 bridgehead atoms. The van der Waals surface area contributed by atoms with Gasteiger partial charge in [0.1, 0.15) is 12.1 Å². The minimum Gasteiger partial charge on any atom is -0.355 e. The number of hydrogen-bond donors (Lipinski definition) is 1. The molecule has 8 heteroatoms. The van der Waals surface area contributed by atoms with Crippen molar-refractivity contribution in [3.8, 4) is 5.69 Å². The molecule has 136 valence electrons. The first-order valence-corrected chi connectivity index (χ1v) is 8.80. The van der Waals surface area contributed by atoms with Gasteiger partial charge in [0.2, 0.25) is 5.91 Å². The third-order valence-corrected chi connectivity index (χ3v) is 4.37. The zero-order chi connectivity index (χ0) is 18.8. The number of aryl methyl sites for hydroxylation is 2. The summed E-state index contributed by atoms with van der Waals surface area (Å²) < 4.78 is 2.89. The van der Waals surface area contributed by atoms with Gasteiger partial charge in [0.15, 0.2) is 0 Å². The minimum absolute atomic E-state index is 0.110. The molecule has 0 aliphatic carbocycles. The van der Waals surface area contributed by atoms with Crippen LogP contribution in [0.5, 0.6) is 0 Å². The molecule has 1 amide bonds. The van der Waals surface area contributed by atoms with E-state index in [4.69, 9.17) is 11.6 Å². The third kappa shape index (κ3) is 3.35. The van der Waals surface area contributed by atoms with E-state index in [1.165, 1.54) is 4.68 Å². The quantitative estimate of drug-likeness (QED) is 0.744. The van der Waals surface area contributed by atoms with Crippen molar-refractivity contribution in [2.24, 2.45) is 0 Å². The molecule has 0 spiro atoms. The molecule has 0 aliphatic heterocycles. The molecule has 0 radical (unpaired) electrons. The van der Waals surface area contributed by atoms with Crippen LogP contribution in [0.1, 0.15) is 24.7 Å². The lowest BCUT2D eigenvalue weighted by molar-refractivity contribution is -0.121. The van der Waals surface area contributed by atoms with Gasteiger partial charge in [0.05, 0.1) is 22.5 Å². The fourth-order valence-electron chi connectivity index (χ4n) is 2.81. The summed E-state index contributed by atoms with van der Waals surface area (Å²) in [6.07, 6.45) is 0.832. The number of benzene rings is 1. The van der Waals surface area contributed by atoms with Crippen LogP contribution < -0.4 is 10.9 Å². The van der Waals surface area contributed by atoms with Crippen molar-refractivity contribution >= 4 is 28.4 Å². The molecule has 0 unspecified atom stereocenters. The topological polar surface area (TPSA) is 81.8 Å². The van der Waals surface area contributed by atoms with Gasteiger partial charge in [-0.15, -0.1) is 0 Å². The normalized spacial score (nSPS) is 11.1. The number of fused-ring (bicyclic) bond motifs is 1. The highest BCUT2D eigenvalue weighted by atomic mass is 35.5. The molecule has 1 N–H and O–H groups in total. The second-order valence-corrected chi connectivity index (χ2v) is 6.53. The largest absolute Gasteiger partial charge is 0.355 e. The Labute approximate surface area is 155 Å². The standard InChI is InChI=1S/C18H20ClN5O2/c1-4-9-20-15(25)10-23-18(26)16-12(3)24(22-17(16)11(2)21-23)14-7-5-13(19)6-8-14/h5-8H,4,9-10H2,1-3H3,(H,20,25). The van der Waals surface area contributed by atoms with Gasteiger partial charge < -0.3 is 5.32 Å². The van der Waals surface area contributed by atoms with Crippen molar-refractivity contribution in [1.82, 2.24) is 24.9 Å². The lowest BCUT2D eigenvalue weighted by Crippen LogP contribution is -2.34. The highest BCUT2D eigenvalue weighted by Gasteiger charge is 2.18. The van der Waals surface area contributed by atoms with Crippen LogP contribution in [0.3, 0.4) is 0 Å². The van der Waals surface area contributed by atoms with E-state index >= 15 is 0 Å². The van der Waals surface area contributed by atoms with E-state index in [1.807, 2.05) is 26.0 Å². The number of amides is 1. The Morgan fingerprint density at radius 1 is 1.19 bits per heavy atom. The van der Waals surface area contributed by atoms with Gasteiger partial charge in [0, 0.05) is 11.6 Å². The van der Waals surface area contributed by atoms with Crippen molar-refractivity contribution < 1.29 is 4.79 Å². The number of aromatic nitrogens is 4. The van der Waals surface area contributed by atoms with E-state index in [-0.39, 0.29) is 18.0 Å². The van der Waals surface area contributed by atoms with Crippen LogP contribution in [-0.2, 0) is 11.3 Å². The number of nitrogens with zero attached hydrogens (tertiary/aromatic N) is 4. The summed E-state index contributed by atoms with van der Waals surface area (Å²) in [7, 11) is 0. The summed E-state index contributed by atoms with van der Waals surface area (Å²) in [5.74, 6) is -0.233. The average Bonchev–Trinajstić information content (AvgIpc) is 2.96. The predicted octanol–water partition coefficient (Wildman–Crippen LogP) is 2.38. The van der Waals surface area contributed by atoms with Gasteiger partial charge in [-0.05, 0) is 44.5 Å². The molecule has 2 aromatic heterocycles. The summed E-state index contributed by atoms with van der Waals surface area (Å²) in [4.78, 5) is 24.8. The highest BCUT2D eigenvalue weighted by Crippen LogP contribution is 2.21. The fraction of sp³-hybridized carbons (Fsp3) is 0.333. The van der Waals surface area contributed by atoms with Crippen molar-refractivity contribution in [3.63, 3.8) is 0 Å². The SMILES string of the molecule is CCCNC(=O)Cn1nc(C)c2nn(-c3ccc(Cl)cc3)c(C)c2c1=O. The monoisotopic (exact) mass is 373 g/mol. The van der Waals surface area contributed by atoms with Crippen molar-refractivity contribution in [2.75, 3.05) is 6.54 Å². The number of rotatable bonds is 5. The number of carbonyl (C=O) groups excluding carboxylic acids is 1. The Bertz CT molecular complexity index is 1020. The molecule has 0 saturated heterocycles. The molecule has 7 nitrogen and oxygen atoms in total. The maximum absolute atomic E-state index is 12.9. The molecule has 2 heterocycles. The second-order valence-electron chi connectivity index (χ2n) is 6.10. The summed E-state index contributed by atoms with van der Waals surface area (Å²) in [5, 5.41) is 12.6. The van der Waals surface area contributed by atoms with Crippen LogP contribution >= 0.6 is 11.6 Å². The molecular formula is C18H20ClN5O2. The Morgan fingerprint density at radius 2 is 1.88 bits per heavy atom. The van der Waals surface area contributed by atoms with Crippen LogP contribution in [0.4, 0.5) is 0 Å². The summed E-state index contributed by atoms with van der Waals surface area (Å²) >= 11 is 5.94. The smallest absolute Gasteiger partial charge is 0.278 e. The first-order chi connectivity index (χ1) is 12.4. The van der Waals surface area contributed by atoms with Gasteiger partial charge in [-0.2, -0.15) is 10.2 Å². The van der Waals surface area contributed by atoms with E-state index in [2.05, 4.69) is 15.5 Å². The van der Waals surface area contributed by atoms with Gasteiger partial charge in [-0.3, -0.25) is 9.59 Å². The Kier molecular flexibility index (Phi) is 5.08. The minimum atomic E-state index is -0.324. The molecule has 3 rings (SSSR count). The molecule has 0 atom stereocenters. The number of nitrogens with one attached hydrogen (secondary N) is 1. The first kappa shape index (κ1) is 18.1. The fourth-order valence-corrected chi connectivity index (χ4v) is 2.94. The van der Waals surface area contributed by atoms with Crippen LogP contribution in [0.25, 0.3) is 16.6 Å². The zero-order valence-electron chi connectivity index (χ0n) is 14.9. The highest BCUT2D eigenvalue weighted by molar-refractivity contribution is 6.30. The molecule has 0 fully saturated rings. The van der Waals surface area contributed by atoms with Crippen molar-refractivity contribution in [1.29, 1.82) is 0 Å². The second kappa shape index (κ2) is 7.29. The van der Waals surface area contributed by atoms with E-state index in [1.54, 1.807) is 23.7 Å². The van der Waals surface area contributed by atoms with Crippen LogP contribution in [0.15, 0.2) is 29.1 Å².